The highest BCUT2D eigenvalue weighted by Crippen LogP contribution is 2.43. The molecule has 1 saturated heterocycles. The van der Waals surface area contributed by atoms with Gasteiger partial charge in [-0.25, -0.2) is 4.79 Å². The number of aromatic nitrogens is 1. The number of hydrogen-bond donors (Lipinski definition) is 0. The van der Waals surface area contributed by atoms with Crippen molar-refractivity contribution in [1.29, 1.82) is 0 Å². The van der Waals surface area contributed by atoms with Gasteiger partial charge in [0.1, 0.15) is 0 Å². The van der Waals surface area contributed by atoms with Crippen molar-refractivity contribution in [3.05, 3.63) is 66.0 Å². The number of likely N-dealkylation sites (N-methyl/N-ethyl adjacent to an activating group) is 1. The van der Waals surface area contributed by atoms with E-state index in [-0.39, 0.29) is 12.1 Å². The Morgan fingerprint density at radius 2 is 1.87 bits per heavy atom. The van der Waals surface area contributed by atoms with Gasteiger partial charge in [-0.2, -0.15) is 0 Å². The Bertz CT molecular complexity index is 688. The fourth-order valence-corrected chi connectivity index (χ4v) is 4.18. The number of rotatable bonds is 3. The number of nitrogens with zero attached hydrogens (tertiary/aromatic N) is 3. The Kier molecular flexibility index (Phi) is 3.52. The lowest BCUT2D eigenvalue weighted by molar-refractivity contribution is 0.184. The standard InChI is InChI=1S/C19H21N3O/c1-21-18-15(16-9-5-6-12-20-16)10-11-17(18)22(19(21)23)13-14-7-3-2-4-8-14/h2-9,12,15,17-18H,10-11,13H2,1H3/t15-,17-,18+/m0/s1. The molecule has 2 aromatic rings. The van der Waals surface area contributed by atoms with E-state index in [1.807, 2.05) is 53.4 Å². The molecular formula is C19H21N3O. The minimum atomic E-state index is 0.143. The number of pyridine rings is 1. The molecule has 0 radical (unpaired) electrons. The van der Waals surface area contributed by atoms with E-state index in [0.29, 0.717) is 18.5 Å². The first-order valence-electron chi connectivity index (χ1n) is 8.24. The number of carbonyl (C=O) groups is 1. The van der Waals surface area contributed by atoms with Crippen molar-refractivity contribution < 1.29 is 4.79 Å². The molecule has 2 aliphatic rings. The highest BCUT2D eigenvalue weighted by Gasteiger charge is 2.51. The van der Waals surface area contributed by atoms with Crippen LogP contribution in [0, 0.1) is 0 Å². The molecule has 4 heteroatoms. The molecular weight excluding hydrogens is 286 g/mol. The van der Waals surface area contributed by atoms with Crippen LogP contribution in [0.4, 0.5) is 4.79 Å². The predicted octanol–water partition coefficient (Wildman–Crippen LogP) is 3.26. The van der Waals surface area contributed by atoms with E-state index in [1.165, 1.54) is 5.56 Å². The Morgan fingerprint density at radius 1 is 1.09 bits per heavy atom. The zero-order valence-electron chi connectivity index (χ0n) is 13.3. The van der Waals surface area contributed by atoms with Crippen molar-refractivity contribution in [2.75, 3.05) is 7.05 Å². The molecule has 4 nitrogen and oxygen atoms in total. The van der Waals surface area contributed by atoms with Gasteiger partial charge in [-0.15, -0.1) is 0 Å². The third-order valence-corrected chi connectivity index (χ3v) is 5.24. The maximum Gasteiger partial charge on any atom is 0.320 e. The Labute approximate surface area is 136 Å². The number of hydrogen-bond acceptors (Lipinski definition) is 2. The van der Waals surface area contributed by atoms with Crippen molar-refractivity contribution in [3.8, 4) is 0 Å². The van der Waals surface area contributed by atoms with Crippen LogP contribution in [0.25, 0.3) is 0 Å². The van der Waals surface area contributed by atoms with E-state index in [9.17, 15) is 4.79 Å². The average Bonchev–Trinajstić information content (AvgIpc) is 3.13. The zero-order chi connectivity index (χ0) is 15.8. The van der Waals surface area contributed by atoms with Crippen molar-refractivity contribution in [1.82, 2.24) is 14.8 Å². The van der Waals surface area contributed by atoms with E-state index < -0.39 is 0 Å². The highest BCUT2D eigenvalue weighted by molar-refractivity contribution is 5.78. The Morgan fingerprint density at radius 3 is 2.61 bits per heavy atom. The Balaban J connectivity index is 1.60. The topological polar surface area (TPSA) is 36.4 Å². The molecule has 1 aliphatic heterocycles. The summed E-state index contributed by atoms with van der Waals surface area (Å²) in [5, 5.41) is 0. The minimum Gasteiger partial charge on any atom is -0.322 e. The summed E-state index contributed by atoms with van der Waals surface area (Å²) >= 11 is 0. The van der Waals surface area contributed by atoms with E-state index in [0.717, 1.165) is 18.5 Å². The number of carbonyl (C=O) groups excluding carboxylic acids is 1. The van der Waals surface area contributed by atoms with Crippen LogP contribution in [-0.4, -0.2) is 39.9 Å². The first-order valence-corrected chi connectivity index (χ1v) is 8.24. The number of benzene rings is 1. The van der Waals surface area contributed by atoms with Gasteiger partial charge in [0, 0.05) is 31.4 Å². The van der Waals surface area contributed by atoms with E-state index in [4.69, 9.17) is 0 Å². The van der Waals surface area contributed by atoms with Crippen LogP contribution in [0.5, 0.6) is 0 Å². The van der Waals surface area contributed by atoms with E-state index in [1.54, 1.807) is 0 Å². The van der Waals surface area contributed by atoms with Crippen LogP contribution in [0.15, 0.2) is 54.7 Å². The third kappa shape index (κ3) is 2.38. The van der Waals surface area contributed by atoms with Crippen LogP contribution in [0.2, 0.25) is 0 Å². The van der Waals surface area contributed by atoms with Crippen LogP contribution in [-0.2, 0) is 6.54 Å². The summed E-state index contributed by atoms with van der Waals surface area (Å²) < 4.78 is 0. The molecule has 0 N–H and O–H groups in total. The lowest BCUT2D eigenvalue weighted by atomic mass is 9.97. The first-order chi connectivity index (χ1) is 11.3. The molecule has 2 amide bonds. The van der Waals surface area contributed by atoms with Crippen LogP contribution < -0.4 is 0 Å². The molecule has 2 heterocycles. The molecule has 1 aromatic heterocycles. The lowest BCUT2D eigenvalue weighted by Crippen LogP contribution is -2.34. The van der Waals surface area contributed by atoms with Crippen molar-refractivity contribution in [3.63, 3.8) is 0 Å². The summed E-state index contributed by atoms with van der Waals surface area (Å²) in [6.45, 7) is 0.695. The Hall–Kier alpha value is -2.36. The molecule has 0 bridgehead atoms. The third-order valence-electron chi connectivity index (χ3n) is 5.24. The van der Waals surface area contributed by atoms with Crippen LogP contribution >= 0.6 is 0 Å². The highest BCUT2D eigenvalue weighted by atomic mass is 16.2. The summed E-state index contributed by atoms with van der Waals surface area (Å²) in [6.07, 6.45) is 3.99. The summed E-state index contributed by atoms with van der Waals surface area (Å²) in [5.74, 6) is 0.343. The molecule has 0 spiro atoms. The minimum absolute atomic E-state index is 0.143. The molecule has 4 rings (SSSR count). The van der Waals surface area contributed by atoms with Crippen molar-refractivity contribution >= 4 is 6.03 Å². The molecule has 2 fully saturated rings. The summed E-state index contributed by atoms with van der Waals surface area (Å²) in [5.41, 5.74) is 2.30. The van der Waals surface area contributed by atoms with Gasteiger partial charge in [0.25, 0.3) is 0 Å². The molecule has 1 aliphatic carbocycles. The normalized spacial score (nSPS) is 26.7. The maximum absolute atomic E-state index is 12.7. The monoisotopic (exact) mass is 307 g/mol. The number of fused-ring (bicyclic) bond motifs is 1. The quantitative estimate of drug-likeness (QED) is 0.872. The fraction of sp³-hybridized carbons (Fsp3) is 0.368. The summed E-state index contributed by atoms with van der Waals surface area (Å²) in [7, 11) is 1.94. The molecule has 118 valence electrons. The molecule has 3 atom stereocenters. The van der Waals surface area contributed by atoms with Gasteiger partial charge in [-0.3, -0.25) is 4.98 Å². The molecule has 1 saturated carbocycles. The van der Waals surface area contributed by atoms with Gasteiger partial charge >= 0.3 is 6.03 Å². The molecule has 23 heavy (non-hydrogen) atoms. The van der Waals surface area contributed by atoms with Gasteiger partial charge < -0.3 is 9.80 Å². The van der Waals surface area contributed by atoms with Gasteiger partial charge in [0.2, 0.25) is 0 Å². The SMILES string of the molecule is CN1C(=O)N(Cc2ccccc2)[C@H]2CC[C@@H](c3ccccn3)[C@H]21. The predicted molar refractivity (Wildman–Crippen MR) is 88.9 cm³/mol. The maximum atomic E-state index is 12.7. The second-order valence-electron chi connectivity index (χ2n) is 6.50. The van der Waals surface area contributed by atoms with Crippen molar-refractivity contribution in [2.24, 2.45) is 0 Å². The lowest BCUT2D eigenvalue weighted by Gasteiger charge is -2.24. The fourth-order valence-electron chi connectivity index (χ4n) is 4.18. The van der Waals surface area contributed by atoms with Gasteiger partial charge in [0.05, 0.1) is 12.1 Å². The van der Waals surface area contributed by atoms with Gasteiger partial charge in [-0.05, 0) is 30.5 Å². The van der Waals surface area contributed by atoms with Crippen molar-refractivity contribution in [2.45, 2.75) is 37.4 Å². The molecule has 0 unspecified atom stereocenters. The smallest absolute Gasteiger partial charge is 0.320 e. The first kappa shape index (κ1) is 14.2. The van der Waals surface area contributed by atoms with Crippen LogP contribution in [0.3, 0.4) is 0 Å². The average molecular weight is 307 g/mol. The number of amides is 2. The second-order valence-corrected chi connectivity index (χ2v) is 6.50. The second kappa shape index (κ2) is 5.69. The number of urea groups is 1. The van der Waals surface area contributed by atoms with E-state index in [2.05, 4.69) is 23.2 Å². The largest absolute Gasteiger partial charge is 0.322 e. The van der Waals surface area contributed by atoms with E-state index >= 15 is 0 Å². The molecule has 1 aromatic carbocycles. The summed E-state index contributed by atoms with van der Waals surface area (Å²) in [4.78, 5) is 21.2. The van der Waals surface area contributed by atoms with Gasteiger partial charge in [-0.1, -0.05) is 36.4 Å². The van der Waals surface area contributed by atoms with Crippen LogP contribution in [0.1, 0.15) is 30.0 Å². The van der Waals surface area contributed by atoms with Gasteiger partial charge in [0.15, 0.2) is 0 Å². The summed E-state index contributed by atoms with van der Waals surface area (Å²) in [6, 6.07) is 17.0. The zero-order valence-corrected chi connectivity index (χ0v) is 13.3.